The third-order valence-electron chi connectivity index (χ3n) is 8.67. The molecule has 0 bridgehead atoms. The van der Waals surface area contributed by atoms with Gasteiger partial charge in [-0.1, -0.05) is 34.6 Å². The van der Waals surface area contributed by atoms with Crippen LogP contribution in [-0.2, 0) is 28.6 Å². The highest BCUT2D eigenvalue weighted by atomic mass is 16.7. The van der Waals surface area contributed by atoms with Crippen molar-refractivity contribution in [3.05, 3.63) is 11.6 Å². The highest BCUT2D eigenvalue weighted by Gasteiger charge is 2.47. The number of ketones is 2. The molecule has 1 fully saturated rings. The van der Waals surface area contributed by atoms with Crippen LogP contribution in [0.1, 0.15) is 82.1 Å². The molecule has 0 aromatic carbocycles. The van der Waals surface area contributed by atoms with E-state index < -0.39 is 47.3 Å². The number of ether oxygens (including phenoxy) is 3. The molecule has 8 nitrogen and oxygen atoms in total. The van der Waals surface area contributed by atoms with Gasteiger partial charge in [-0.05, 0) is 78.6 Å². The minimum Gasteiger partial charge on any atom is -0.459 e. The fourth-order valence-electron chi connectivity index (χ4n) is 6.17. The van der Waals surface area contributed by atoms with Crippen molar-refractivity contribution in [1.82, 2.24) is 4.90 Å². The molecule has 0 amide bonds. The molecule has 10 atom stereocenters. The van der Waals surface area contributed by atoms with Gasteiger partial charge in [0.15, 0.2) is 17.9 Å². The van der Waals surface area contributed by atoms with Crippen molar-refractivity contribution in [2.24, 2.45) is 29.1 Å². The Morgan fingerprint density at radius 1 is 1.03 bits per heavy atom. The molecule has 1 N–H and O–H groups in total. The van der Waals surface area contributed by atoms with E-state index in [1.54, 1.807) is 20.8 Å². The van der Waals surface area contributed by atoms with Crippen LogP contribution in [0, 0.1) is 29.1 Å². The predicted molar refractivity (Wildman–Crippen MR) is 146 cm³/mol. The van der Waals surface area contributed by atoms with Gasteiger partial charge in [-0.3, -0.25) is 14.4 Å². The fraction of sp³-hybridized carbons (Fsp3) is 0.833. The second-order valence-corrected chi connectivity index (χ2v) is 13.0. The lowest BCUT2D eigenvalue weighted by Crippen LogP contribution is -2.53. The van der Waals surface area contributed by atoms with Crippen molar-refractivity contribution in [1.29, 1.82) is 0 Å². The van der Waals surface area contributed by atoms with Crippen LogP contribution in [0.4, 0.5) is 0 Å². The van der Waals surface area contributed by atoms with Crippen molar-refractivity contribution >= 4 is 17.5 Å². The number of allylic oxidation sites excluding steroid dienone is 1. The van der Waals surface area contributed by atoms with Gasteiger partial charge in [0, 0.05) is 23.8 Å². The van der Waals surface area contributed by atoms with Gasteiger partial charge in [0.05, 0.1) is 12.2 Å². The van der Waals surface area contributed by atoms with Crippen molar-refractivity contribution in [3.63, 3.8) is 0 Å². The Morgan fingerprint density at radius 2 is 1.61 bits per heavy atom. The lowest BCUT2D eigenvalue weighted by Gasteiger charge is -2.47. The number of aliphatic hydroxyl groups is 1. The maximum Gasteiger partial charge on any atom is 0.316 e. The minimum atomic E-state index is -1.57. The number of rotatable bonds is 3. The number of nitrogens with zero attached hydrogens (tertiary/aromatic N) is 1. The molecule has 0 aromatic rings. The molecular formula is C30H51NO7. The first-order chi connectivity index (χ1) is 17.3. The molecule has 0 spiro atoms. The van der Waals surface area contributed by atoms with E-state index >= 15 is 0 Å². The quantitative estimate of drug-likeness (QED) is 0.423. The van der Waals surface area contributed by atoms with Crippen LogP contribution >= 0.6 is 0 Å². The van der Waals surface area contributed by atoms with Crippen molar-refractivity contribution in [2.75, 3.05) is 14.1 Å². The van der Waals surface area contributed by atoms with Crippen LogP contribution in [0.25, 0.3) is 0 Å². The molecule has 2 aliphatic heterocycles. The number of cyclic esters (lactones) is 1. The van der Waals surface area contributed by atoms with Crippen LogP contribution in [0.5, 0.6) is 0 Å². The maximum absolute atomic E-state index is 13.7. The van der Waals surface area contributed by atoms with Crippen molar-refractivity contribution < 1.29 is 33.7 Å². The molecular weight excluding hydrogens is 486 g/mol. The number of carbonyl (C=O) groups excluding carboxylic acids is 3. The first-order valence-corrected chi connectivity index (χ1v) is 14.0. The lowest BCUT2D eigenvalue weighted by atomic mass is 9.71. The van der Waals surface area contributed by atoms with Gasteiger partial charge in [-0.15, -0.1) is 0 Å². The normalized spacial score (nSPS) is 43.3. The van der Waals surface area contributed by atoms with Gasteiger partial charge in [0.2, 0.25) is 0 Å². The van der Waals surface area contributed by atoms with Crippen LogP contribution in [0.3, 0.4) is 0 Å². The largest absolute Gasteiger partial charge is 0.459 e. The third kappa shape index (κ3) is 7.32. The Bertz CT molecular complexity index is 908. The second-order valence-electron chi connectivity index (χ2n) is 13.0. The van der Waals surface area contributed by atoms with Crippen molar-refractivity contribution in [3.8, 4) is 0 Å². The van der Waals surface area contributed by atoms with Crippen molar-refractivity contribution in [2.45, 2.75) is 118 Å². The zero-order valence-corrected chi connectivity index (χ0v) is 25.5. The van der Waals surface area contributed by atoms with E-state index in [4.69, 9.17) is 14.2 Å². The number of Topliss-reactive ketones (excluding diaryl/α,β-unsaturated/α-hetero) is 2. The number of hydrogen-bond donors (Lipinski definition) is 1. The molecule has 38 heavy (non-hydrogen) atoms. The molecule has 0 saturated carbocycles. The summed E-state index contributed by atoms with van der Waals surface area (Å²) in [4.78, 5) is 42.2. The first kappa shape index (κ1) is 32.6. The van der Waals surface area contributed by atoms with Crippen LogP contribution < -0.4 is 0 Å². The minimum absolute atomic E-state index is 0.0207. The summed E-state index contributed by atoms with van der Waals surface area (Å²) in [5.41, 5.74) is -1.78. The van der Waals surface area contributed by atoms with E-state index in [-0.39, 0.29) is 35.5 Å². The van der Waals surface area contributed by atoms with Crippen LogP contribution in [-0.4, -0.2) is 77.9 Å². The Morgan fingerprint density at radius 3 is 2.16 bits per heavy atom. The predicted octanol–water partition coefficient (Wildman–Crippen LogP) is 4.18. The molecule has 0 aliphatic carbocycles. The number of esters is 1. The Balaban J connectivity index is 2.54. The standard InChI is InChI=1S/C30H51NO7/c1-16-14-29(8,9)26(38-28-19(4)23(31(11)12)13-18(3)36-28)20(5)25(33)21(6)27(34)37-22(7)30(10,35)15-17(2)24(16)32/h15-16,18-23,26,28,35H,13-14H2,1-12H3/b17-15+/t16-,18?,19?,20+,21-,22-,23?,26-,28?,30+/m1/s1. The lowest BCUT2D eigenvalue weighted by molar-refractivity contribution is -0.268. The van der Waals surface area contributed by atoms with Gasteiger partial charge in [-0.25, -0.2) is 0 Å². The summed E-state index contributed by atoms with van der Waals surface area (Å²) in [6.07, 6.45) is 0.635. The third-order valence-corrected chi connectivity index (χ3v) is 8.67. The van der Waals surface area contributed by atoms with E-state index in [2.05, 4.69) is 11.8 Å². The SMILES string of the molecule is C/C1=C\[C@](C)(O)[C@@H](C)OC(=O)[C@H](C)C(=O)[C@H](C)[C@@H](OC2OC(C)CC(N(C)C)C2C)C(C)(C)C[C@@H](C)C1=O. The van der Waals surface area contributed by atoms with Crippen LogP contribution in [0.15, 0.2) is 11.6 Å². The van der Waals surface area contributed by atoms with Gasteiger partial charge >= 0.3 is 5.97 Å². The molecule has 0 radical (unpaired) electrons. The summed E-state index contributed by atoms with van der Waals surface area (Å²) >= 11 is 0. The molecule has 2 heterocycles. The molecule has 2 rings (SSSR count). The second kappa shape index (κ2) is 12.3. The first-order valence-electron chi connectivity index (χ1n) is 14.0. The van der Waals surface area contributed by atoms with Crippen LogP contribution in [0.2, 0.25) is 0 Å². The Hall–Kier alpha value is -1.61. The average Bonchev–Trinajstić information content (AvgIpc) is 2.80. The summed E-state index contributed by atoms with van der Waals surface area (Å²) in [5, 5.41) is 11.0. The maximum atomic E-state index is 13.7. The highest BCUT2D eigenvalue weighted by Crippen LogP contribution is 2.41. The van der Waals surface area contributed by atoms with Gasteiger partial charge in [0.25, 0.3) is 0 Å². The van der Waals surface area contributed by atoms with Gasteiger partial charge in [0.1, 0.15) is 17.6 Å². The van der Waals surface area contributed by atoms with Gasteiger partial charge < -0.3 is 24.2 Å². The zero-order valence-electron chi connectivity index (χ0n) is 25.5. The fourth-order valence-corrected chi connectivity index (χ4v) is 6.17. The summed E-state index contributed by atoms with van der Waals surface area (Å²) in [5.74, 6) is -3.18. The number of hydrogen-bond acceptors (Lipinski definition) is 8. The monoisotopic (exact) mass is 537 g/mol. The summed E-state index contributed by atoms with van der Waals surface area (Å²) < 4.78 is 18.5. The van der Waals surface area contributed by atoms with E-state index in [9.17, 15) is 19.5 Å². The summed E-state index contributed by atoms with van der Waals surface area (Å²) in [6.45, 7) is 18.0. The average molecular weight is 538 g/mol. The summed E-state index contributed by atoms with van der Waals surface area (Å²) in [6, 6.07) is 0.243. The smallest absolute Gasteiger partial charge is 0.316 e. The molecule has 2 aliphatic rings. The molecule has 0 aromatic heterocycles. The highest BCUT2D eigenvalue weighted by molar-refractivity contribution is 6.00. The van der Waals surface area contributed by atoms with Gasteiger partial charge in [-0.2, -0.15) is 0 Å². The topological polar surface area (TPSA) is 102 Å². The Labute approximate surface area is 229 Å². The number of carbonyl (C=O) groups is 3. The molecule has 1 saturated heterocycles. The summed E-state index contributed by atoms with van der Waals surface area (Å²) in [7, 11) is 4.09. The van der Waals surface area contributed by atoms with E-state index in [0.29, 0.717) is 12.0 Å². The zero-order chi connectivity index (χ0) is 29.3. The van der Waals surface area contributed by atoms with E-state index in [1.807, 2.05) is 41.8 Å². The molecule has 8 heteroatoms. The molecule has 218 valence electrons. The van der Waals surface area contributed by atoms with E-state index in [1.165, 1.54) is 19.9 Å². The van der Waals surface area contributed by atoms with E-state index in [0.717, 1.165) is 6.42 Å². The molecule has 4 unspecified atom stereocenters. The Kier molecular flexibility index (Phi) is 10.5.